The Labute approximate surface area is 129 Å². The molecule has 0 unspecified atom stereocenters. The molecule has 0 radical (unpaired) electrons. The topological polar surface area (TPSA) is 86.7 Å². The zero-order valence-electron chi connectivity index (χ0n) is 11.6. The number of rotatable bonds is 2. The minimum atomic E-state index is -0.717. The number of esters is 2. The summed E-state index contributed by atoms with van der Waals surface area (Å²) in [5.41, 5.74) is 1.06. The molecular weight excluding hydrogens is 300 g/mol. The molecule has 0 amide bonds. The van der Waals surface area contributed by atoms with Crippen molar-refractivity contribution in [3.8, 4) is 11.5 Å². The zero-order chi connectivity index (χ0) is 16.1. The summed E-state index contributed by atoms with van der Waals surface area (Å²) in [6, 6.07) is 9.00. The minimum Gasteiger partial charge on any atom is -0.457 e. The van der Waals surface area contributed by atoms with Crippen LogP contribution in [0.25, 0.3) is 0 Å². The first-order chi connectivity index (χ1) is 11.0. The molecule has 6 nitrogen and oxygen atoms in total. The number of ketones is 2. The summed E-state index contributed by atoms with van der Waals surface area (Å²) < 4.78 is 10.1. The molecule has 0 aromatic heterocycles. The average molecular weight is 308 g/mol. The Hall–Kier alpha value is -3.28. The van der Waals surface area contributed by atoms with Gasteiger partial charge in [0, 0.05) is 11.1 Å². The maximum Gasteiger partial charge on any atom is 0.347 e. The number of hydrogen-bond donors (Lipinski definition) is 0. The molecule has 23 heavy (non-hydrogen) atoms. The van der Waals surface area contributed by atoms with Crippen molar-refractivity contribution in [1.82, 2.24) is 0 Å². The summed E-state index contributed by atoms with van der Waals surface area (Å²) in [5.74, 6) is -1.14. The molecule has 112 valence electrons. The molecule has 0 atom stereocenters. The number of benzene rings is 2. The molecule has 0 N–H and O–H groups in total. The van der Waals surface area contributed by atoms with Crippen molar-refractivity contribution in [2.24, 2.45) is 0 Å². The van der Waals surface area contributed by atoms with Crippen molar-refractivity contribution in [3.05, 3.63) is 58.7 Å². The highest BCUT2D eigenvalue weighted by atomic mass is 16.6. The molecule has 2 aliphatic rings. The standard InChI is InChI=1S/C17H8O6/c18-14-7-15(19)12-5-8(1-3-10(12)14)22-9-2-4-11-13(6-9)17(21)23-16(11)20/h1-6H,7H2. The highest BCUT2D eigenvalue weighted by Gasteiger charge is 2.30. The van der Waals surface area contributed by atoms with E-state index in [0.29, 0.717) is 22.6 Å². The monoisotopic (exact) mass is 308 g/mol. The van der Waals surface area contributed by atoms with Gasteiger partial charge in [0.05, 0.1) is 17.5 Å². The third-order valence-corrected chi connectivity index (χ3v) is 3.76. The summed E-state index contributed by atoms with van der Waals surface area (Å²) in [7, 11) is 0. The smallest absolute Gasteiger partial charge is 0.347 e. The molecule has 2 aromatic carbocycles. The molecule has 1 aliphatic carbocycles. The Bertz CT molecular complexity index is 849. The van der Waals surface area contributed by atoms with E-state index in [4.69, 9.17) is 4.74 Å². The lowest BCUT2D eigenvalue weighted by molar-refractivity contribution is 0.0443. The number of carbonyl (C=O) groups excluding carboxylic acids is 4. The van der Waals surface area contributed by atoms with Gasteiger partial charge < -0.3 is 9.47 Å². The number of ether oxygens (including phenoxy) is 2. The van der Waals surface area contributed by atoms with Crippen LogP contribution in [-0.2, 0) is 4.74 Å². The van der Waals surface area contributed by atoms with Crippen LogP contribution in [0.15, 0.2) is 36.4 Å². The van der Waals surface area contributed by atoms with Gasteiger partial charge in [-0.1, -0.05) is 0 Å². The second-order valence-electron chi connectivity index (χ2n) is 5.22. The predicted molar refractivity (Wildman–Crippen MR) is 76.0 cm³/mol. The molecular formula is C17H8O6. The van der Waals surface area contributed by atoms with Gasteiger partial charge in [-0.15, -0.1) is 0 Å². The molecule has 0 bridgehead atoms. The lowest BCUT2D eigenvalue weighted by Gasteiger charge is -2.07. The summed E-state index contributed by atoms with van der Waals surface area (Å²) in [6.45, 7) is 0. The summed E-state index contributed by atoms with van der Waals surface area (Å²) in [4.78, 5) is 46.3. The van der Waals surface area contributed by atoms with Gasteiger partial charge in [-0.05, 0) is 36.4 Å². The lowest BCUT2D eigenvalue weighted by Crippen LogP contribution is -1.97. The van der Waals surface area contributed by atoms with Crippen LogP contribution in [0.1, 0.15) is 47.9 Å². The van der Waals surface area contributed by atoms with Gasteiger partial charge in [-0.25, -0.2) is 9.59 Å². The Morgan fingerprint density at radius 1 is 0.696 bits per heavy atom. The fourth-order valence-electron chi connectivity index (χ4n) is 2.66. The van der Waals surface area contributed by atoms with Gasteiger partial charge in [-0.3, -0.25) is 9.59 Å². The third kappa shape index (κ3) is 2.03. The van der Waals surface area contributed by atoms with Gasteiger partial charge >= 0.3 is 11.9 Å². The van der Waals surface area contributed by atoms with E-state index in [-0.39, 0.29) is 29.1 Å². The van der Waals surface area contributed by atoms with Crippen LogP contribution >= 0.6 is 0 Å². The molecule has 0 spiro atoms. The normalized spacial score (nSPS) is 15.5. The Morgan fingerprint density at radius 3 is 2.00 bits per heavy atom. The highest BCUT2D eigenvalue weighted by molar-refractivity contribution is 6.24. The largest absolute Gasteiger partial charge is 0.457 e. The van der Waals surface area contributed by atoms with E-state index >= 15 is 0 Å². The second-order valence-corrected chi connectivity index (χ2v) is 5.22. The lowest BCUT2D eigenvalue weighted by atomic mass is 10.1. The second kappa shape index (κ2) is 4.61. The van der Waals surface area contributed by atoms with Crippen LogP contribution in [-0.4, -0.2) is 23.5 Å². The van der Waals surface area contributed by atoms with E-state index in [1.54, 1.807) is 12.1 Å². The van der Waals surface area contributed by atoms with E-state index in [2.05, 4.69) is 4.74 Å². The fraction of sp³-hybridized carbons (Fsp3) is 0.0588. The molecule has 0 saturated heterocycles. The highest BCUT2D eigenvalue weighted by Crippen LogP contribution is 2.31. The maximum atomic E-state index is 11.7. The van der Waals surface area contributed by atoms with Crippen molar-refractivity contribution in [2.45, 2.75) is 6.42 Å². The average Bonchev–Trinajstić information content (AvgIpc) is 2.96. The summed E-state index contributed by atoms with van der Waals surface area (Å²) >= 11 is 0. The molecule has 4 rings (SSSR count). The van der Waals surface area contributed by atoms with E-state index in [1.165, 1.54) is 24.3 Å². The number of Topliss-reactive ketones (excluding diaryl/α,β-unsaturated/α-hetero) is 2. The van der Waals surface area contributed by atoms with Crippen molar-refractivity contribution in [1.29, 1.82) is 0 Å². The van der Waals surface area contributed by atoms with Crippen LogP contribution in [0.3, 0.4) is 0 Å². The molecule has 2 aromatic rings. The van der Waals surface area contributed by atoms with E-state index in [9.17, 15) is 19.2 Å². The van der Waals surface area contributed by atoms with Crippen LogP contribution in [0, 0.1) is 0 Å². The van der Waals surface area contributed by atoms with Gasteiger partial charge in [-0.2, -0.15) is 0 Å². The Morgan fingerprint density at radius 2 is 1.26 bits per heavy atom. The van der Waals surface area contributed by atoms with Crippen molar-refractivity contribution >= 4 is 23.5 Å². The van der Waals surface area contributed by atoms with Crippen molar-refractivity contribution in [2.75, 3.05) is 0 Å². The van der Waals surface area contributed by atoms with Crippen LogP contribution in [0.4, 0.5) is 0 Å². The van der Waals surface area contributed by atoms with Gasteiger partial charge in [0.2, 0.25) is 0 Å². The van der Waals surface area contributed by atoms with E-state index in [0.717, 1.165) is 0 Å². The van der Waals surface area contributed by atoms with Crippen molar-refractivity contribution < 1.29 is 28.7 Å². The number of cyclic esters (lactones) is 2. The molecule has 0 saturated carbocycles. The fourth-order valence-corrected chi connectivity index (χ4v) is 2.66. The maximum absolute atomic E-state index is 11.7. The van der Waals surface area contributed by atoms with Gasteiger partial charge in [0.15, 0.2) is 11.6 Å². The Kier molecular flexibility index (Phi) is 2.68. The van der Waals surface area contributed by atoms with Gasteiger partial charge in [0.1, 0.15) is 11.5 Å². The molecule has 1 aliphatic heterocycles. The molecule has 0 fully saturated rings. The first-order valence-corrected chi connectivity index (χ1v) is 6.82. The minimum absolute atomic E-state index is 0.119. The zero-order valence-corrected chi connectivity index (χ0v) is 11.6. The van der Waals surface area contributed by atoms with Crippen LogP contribution in [0.5, 0.6) is 11.5 Å². The SMILES string of the molecule is O=C1CC(=O)c2cc(Oc3ccc4c(c3)C(=O)OC4=O)ccc21. The quantitative estimate of drug-likeness (QED) is 0.626. The summed E-state index contributed by atoms with van der Waals surface area (Å²) in [5, 5.41) is 0. The number of fused-ring (bicyclic) bond motifs is 2. The van der Waals surface area contributed by atoms with E-state index in [1.807, 2.05) is 0 Å². The van der Waals surface area contributed by atoms with Gasteiger partial charge in [0.25, 0.3) is 0 Å². The number of hydrogen-bond acceptors (Lipinski definition) is 6. The summed E-state index contributed by atoms with van der Waals surface area (Å²) in [6.07, 6.45) is -0.119. The Balaban J connectivity index is 1.68. The molecule has 1 heterocycles. The van der Waals surface area contributed by atoms with Crippen LogP contribution in [0.2, 0.25) is 0 Å². The van der Waals surface area contributed by atoms with E-state index < -0.39 is 11.9 Å². The van der Waals surface area contributed by atoms with Crippen LogP contribution < -0.4 is 4.74 Å². The first kappa shape index (κ1) is 13.4. The third-order valence-electron chi connectivity index (χ3n) is 3.76. The first-order valence-electron chi connectivity index (χ1n) is 6.82. The van der Waals surface area contributed by atoms with Crippen molar-refractivity contribution in [3.63, 3.8) is 0 Å². The predicted octanol–water partition coefficient (Wildman–Crippen LogP) is 2.56. The molecule has 6 heteroatoms. The number of carbonyl (C=O) groups is 4.